The molecular weight excluding hydrogens is 326 g/mol. The second kappa shape index (κ2) is 7.10. The number of ether oxygens (including phenoxy) is 1. The van der Waals surface area contributed by atoms with Crippen LogP contribution in [-0.2, 0) is 0 Å². The van der Waals surface area contributed by atoms with E-state index in [2.05, 4.69) is 42.8 Å². The van der Waals surface area contributed by atoms with Gasteiger partial charge in [0.1, 0.15) is 11.5 Å². The Labute approximate surface area is 135 Å². The van der Waals surface area contributed by atoms with E-state index in [9.17, 15) is 0 Å². The zero-order valence-electron chi connectivity index (χ0n) is 12.8. The molecule has 2 aromatic carbocycles. The lowest BCUT2D eigenvalue weighted by Gasteiger charge is -2.18. The van der Waals surface area contributed by atoms with Gasteiger partial charge in [0, 0.05) is 16.1 Å². The van der Waals surface area contributed by atoms with Crippen LogP contribution in [0.1, 0.15) is 50.3 Å². The maximum atomic E-state index is 6.18. The molecular formula is C18H22BrNO. The number of para-hydroxylation sites is 1. The van der Waals surface area contributed by atoms with E-state index in [0.29, 0.717) is 5.92 Å². The Morgan fingerprint density at radius 2 is 1.71 bits per heavy atom. The summed E-state index contributed by atoms with van der Waals surface area (Å²) in [6, 6.07) is 14.1. The molecule has 0 saturated heterocycles. The molecule has 0 amide bonds. The first kappa shape index (κ1) is 16.1. The van der Waals surface area contributed by atoms with Crippen molar-refractivity contribution in [1.29, 1.82) is 0 Å². The predicted octanol–water partition coefficient (Wildman–Crippen LogP) is 5.77. The first-order chi connectivity index (χ1) is 10.0. The maximum Gasteiger partial charge on any atom is 0.132 e. The van der Waals surface area contributed by atoms with Gasteiger partial charge in [0.15, 0.2) is 0 Å². The van der Waals surface area contributed by atoms with Crippen molar-refractivity contribution in [1.82, 2.24) is 0 Å². The Balaban J connectivity index is 2.39. The summed E-state index contributed by atoms with van der Waals surface area (Å²) in [5.41, 5.74) is 8.42. The Kier molecular flexibility index (Phi) is 5.43. The smallest absolute Gasteiger partial charge is 0.132 e. The number of rotatable bonds is 5. The molecule has 2 rings (SSSR count). The summed E-state index contributed by atoms with van der Waals surface area (Å²) < 4.78 is 7.25. The van der Waals surface area contributed by atoms with E-state index in [1.54, 1.807) is 0 Å². The van der Waals surface area contributed by atoms with Gasteiger partial charge in [-0.25, -0.2) is 0 Å². The van der Waals surface area contributed by atoms with Crippen LogP contribution in [-0.4, -0.2) is 0 Å². The molecule has 0 aliphatic heterocycles. The minimum absolute atomic E-state index is 0.000789. The average molecular weight is 348 g/mol. The van der Waals surface area contributed by atoms with Gasteiger partial charge >= 0.3 is 0 Å². The molecule has 0 radical (unpaired) electrons. The van der Waals surface area contributed by atoms with Crippen molar-refractivity contribution in [3.8, 4) is 11.5 Å². The highest BCUT2D eigenvalue weighted by molar-refractivity contribution is 9.10. The van der Waals surface area contributed by atoms with Crippen molar-refractivity contribution in [2.75, 3.05) is 0 Å². The normalized spacial score (nSPS) is 12.5. The molecule has 0 heterocycles. The summed E-state index contributed by atoms with van der Waals surface area (Å²) in [4.78, 5) is 0. The summed E-state index contributed by atoms with van der Waals surface area (Å²) in [6.07, 6.45) is 0.887. The summed E-state index contributed by atoms with van der Waals surface area (Å²) in [7, 11) is 0. The Morgan fingerprint density at radius 1 is 1.05 bits per heavy atom. The van der Waals surface area contributed by atoms with Gasteiger partial charge in [-0.15, -0.1) is 0 Å². The minimum atomic E-state index is -0.000789. The third-order valence-corrected chi connectivity index (χ3v) is 4.07. The van der Waals surface area contributed by atoms with E-state index in [0.717, 1.165) is 28.0 Å². The van der Waals surface area contributed by atoms with Crippen LogP contribution in [0.3, 0.4) is 0 Å². The Morgan fingerprint density at radius 3 is 2.38 bits per heavy atom. The van der Waals surface area contributed by atoms with Crippen LogP contribution >= 0.6 is 15.9 Å². The molecule has 21 heavy (non-hydrogen) atoms. The van der Waals surface area contributed by atoms with Gasteiger partial charge in [-0.1, -0.05) is 54.9 Å². The van der Waals surface area contributed by atoms with E-state index in [-0.39, 0.29) is 6.04 Å². The number of nitrogens with two attached hydrogens (primary N) is 1. The average Bonchev–Trinajstić information content (AvgIpc) is 2.48. The molecule has 0 spiro atoms. The third-order valence-electron chi connectivity index (χ3n) is 3.57. The van der Waals surface area contributed by atoms with E-state index in [1.807, 2.05) is 36.4 Å². The molecule has 2 N–H and O–H groups in total. The van der Waals surface area contributed by atoms with Gasteiger partial charge in [-0.05, 0) is 42.2 Å². The fourth-order valence-corrected chi connectivity index (χ4v) is 2.66. The maximum absolute atomic E-state index is 6.18. The number of hydrogen-bond acceptors (Lipinski definition) is 2. The van der Waals surface area contributed by atoms with Crippen LogP contribution in [0, 0.1) is 0 Å². The van der Waals surface area contributed by atoms with E-state index in [1.165, 1.54) is 5.56 Å². The van der Waals surface area contributed by atoms with Gasteiger partial charge in [0.25, 0.3) is 0 Å². The summed E-state index contributed by atoms with van der Waals surface area (Å²) >= 11 is 3.52. The highest BCUT2D eigenvalue weighted by atomic mass is 79.9. The largest absolute Gasteiger partial charge is 0.457 e. The zero-order chi connectivity index (χ0) is 15.4. The molecule has 0 aromatic heterocycles. The second-order valence-corrected chi connectivity index (χ2v) is 6.41. The highest BCUT2D eigenvalue weighted by Crippen LogP contribution is 2.35. The van der Waals surface area contributed by atoms with Gasteiger partial charge < -0.3 is 10.5 Å². The van der Waals surface area contributed by atoms with Crippen LogP contribution in [0.5, 0.6) is 11.5 Å². The fourth-order valence-electron chi connectivity index (χ4n) is 2.28. The lowest BCUT2D eigenvalue weighted by molar-refractivity contribution is 0.460. The van der Waals surface area contributed by atoms with Crippen LogP contribution < -0.4 is 10.5 Å². The Hall–Kier alpha value is -1.32. The molecule has 0 saturated carbocycles. The highest BCUT2D eigenvalue weighted by Gasteiger charge is 2.14. The predicted molar refractivity (Wildman–Crippen MR) is 92.0 cm³/mol. The van der Waals surface area contributed by atoms with Crippen molar-refractivity contribution >= 4 is 15.9 Å². The van der Waals surface area contributed by atoms with Crippen molar-refractivity contribution in [2.24, 2.45) is 5.73 Å². The first-order valence-electron chi connectivity index (χ1n) is 7.34. The number of halogens is 1. The van der Waals surface area contributed by atoms with Crippen molar-refractivity contribution < 1.29 is 4.74 Å². The van der Waals surface area contributed by atoms with Crippen molar-refractivity contribution in [3.05, 3.63) is 58.1 Å². The fraction of sp³-hybridized carbons (Fsp3) is 0.333. The van der Waals surface area contributed by atoms with Crippen LogP contribution in [0.2, 0.25) is 0 Å². The SMILES string of the molecule is CC[C@H](N)c1ccccc1Oc1ccc(Br)cc1C(C)C. The molecule has 0 aliphatic carbocycles. The van der Waals surface area contributed by atoms with Crippen LogP contribution in [0.4, 0.5) is 0 Å². The minimum Gasteiger partial charge on any atom is -0.457 e. The molecule has 2 aromatic rings. The molecule has 3 heteroatoms. The van der Waals surface area contributed by atoms with Gasteiger partial charge in [-0.2, -0.15) is 0 Å². The first-order valence-corrected chi connectivity index (χ1v) is 8.14. The number of benzene rings is 2. The summed E-state index contributed by atoms with van der Waals surface area (Å²) in [5.74, 6) is 2.13. The monoisotopic (exact) mass is 347 g/mol. The van der Waals surface area contributed by atoms with Crippen molar-refractivity contribution in [3.63, 3.8) is 0 Å². The second-order valence-electron chi connectivity index (χ2n) is 5.49. The molecule has 1 atom stereocenters. The zero-order valence-corrected chi connectivity index (χ0v) is 14.4. The van der Waals surface area contributed by atoms with Crippen molar-refractivity contribution in [2.45, 2.75) is 39.2 Å². The molecule has 0 fully saturated rings. The molecule has 112 valence electrons. The topological polar surface area (TPSA) is 35.2 Å². The standard InChI is InChI=1S/C18H22BrNO/c1-4-16(20)14-7-5-6-8-17(14)21-18-10-9-13(19)11-15(18)12(2)3/h5-12,16H,4,20H2,1-3H3/t16-/m0/s1. The summed E-state index contributed by atoms with van der Waals surface area (Å²) in [5, 5.41) is 0. The van der Waals surface area contributed by atoms with E-state index < -0.39 is 0 Å². The van der Waals surface area contributed by atoms with Gasteiger partial charge in [0.05, 0.1) is 0 Å². The van der Waals surface area contributed by atoms with Crippen LogP contribution in [0.25, 0.3) is 0 Å². The lowest BCUT2D eigenvalue weighted by atomic mass is 10.0. The molecule has 0 aliphatic rings. The Bertz CT molecular complexity index is 610. The quantitative estimate of drug-likeness (QED) is 0.744. The van der Waals surface area contributed by atoms with Gasteiger partial charge in [0.2, 0.25) is 0 Å². The summed E-state index contributed by atoms with van der Waals surface area (Å²) in [6.45, 7) is 6.41. The molecule has 2 nitrogen and oxygen atoms in total. The van der Waals surface area contributed by atoms with E-state index >= 15 is 0 Å². The third kappa shape index (κ3) is 3.86. The van der Waals surface area contributed by atoms with Crippen LogP contribution in [0.15, 0.2) is 46.9 Å². The molecule has 0 bridgehead atoms. The lowest BCUT2D eigenvalue weighted by Crippen LogP contribution is -2.10. The van der Waals surface area contributed by atoms with E-state index in [4.69, 9.17) is 10.5 Å². The molecule has 0 unspecified atom stereocenters. The number of hydrogen-bond donors (Lipinski definition) is 1. The van der Waals surface area contributed by atoms with Gasteiger partial charge in [-0.3, -0.25) is 0 Å².